The summed E-state index contributed by atoms with van der Waals surface area (Å²) in [5, 5.41) is 5.90. The molecule has 180 valence electrons. The molecule has 5 aromatic carbocycles. The van der Waals surface area contributed by atoms with Crippen molar-refractivity contribution < 1.29 is 9.47 Å². The fourth-order valence-electron chi connectivity index (χ4n) is 5.72. The molecule has 0 fully saturated rings. The molecule has 1 heterocycles. The highest BCUT2D eigenvalue weighted by atomic mass is 35.5. The Labute approximate surface area is 216 Å². The summed E-state index contributed by atoms with van der Waals surface area (Å²) in [6.07, 6.45) is 0.940. The first-order chi connectivity index (χ1) is 17.7. The second kappa shape index (κ2) is 9.50. The summed E-state index contributed by atoms with van der Waals surface area (Å²) in [5.41, 5.74) is 5.07. The first-order valence-corrected chi connectivity index (χ1v) is 12.7. The first-order valence-electron chi connectivity index (χ1n) is 12.3. The molecule has 36 heavy (non-hydrogen) atoms. The zero-order chi connectivity index (χ0) is 24.6. The molecule has 0 unspecified atom stereocenters. The molecule has 1 aliphatic rings. The predicted octanol–water partition coefficient (Wildman–Crippen LogP) is 7.81. The lowest BCUT2D eigenvalue weighted by Crippen LogP contribution is -2.36. The topological polar surface area (TPSA) is 21.7 Å². The van der Waals surface area contributed by atoms with E-state index in [1.165, 1.54) is 43.8 Å². The van der Waals surface area contributed by atoms with E-state index in [1.807, 2.05) is 12.1 Å². The Morgan fingerprint density at radius 2 is 1.44 bits per heavy atom. The number of benzene rings is 5. The number of hydrogen-bond acceptors (Lipinski definition) is 3. The number of fused-ring (bicyclic) bond motifs is 3. The van der Waals surface area contributed by atoms with E-state index < -0.39 is 0 Å². The summed E-state index contributed by atoms with van der Waals surface area (Å²) in [7, 11) is 3.39. The van der Waals surface area contributed by atoms with Gasteiger partial charge < -0.3 is 9.47 Å². The Balaban J connectivity index is 1.53. The van der Waals surface area contributed by atoms with Crippen molar-refractivity contribution in [1.29, 1.82) is 0 Å². The normalized spacial score (nSPS) is 15.7. The monoisotopic (exact) mass is 493 g/mol. The molecule has 5 aromatic rings. The van der Waals surface area contributed by atoms with Crippen molar-refractivity contribution in [3.8, 4) is 11.5 Å². The van der Waals surface area contributed by atoms with Crippen LogP contribution < -0.4 is 9.47 Å². The third-order valence-corrected chi connectivity index (χ3v) is 7.62. The number of rotatable bonds is 5. The van der Waals surface area contributed by atoms with Crippen LogP contribution in [0.25, 0.3) is 21.5 Å². The third-order valence-electron chi connectivity index (χ3n) is 7.38. The Bertz CT molecular complexity index is 1520. The molecule has 4 heteroatoms. The molecule has 3 nitrogen and oxygen atoms in total. The Kier molecular flexibility index (Phi) is 6.04. The molecule has 0 spiro atoms. The Morgan fingerprint density at radius 3 is 2.11 bits per heavy atom. The number of nitrogens with zero attached hydrogens (tertiary/aromatic N) is 1. The van der Waals surface area contributed by atoms with Crippen LogP contribution in [-0.2, 0) is 13.0 Å². The van der Waals surface area contributed by atoms with Crippen molar-refractivity contribution in [2.75, 3.05) is 20.8 Å². The third kappa shape index (κ3) is 3.99. The molecular formula is C32H28ClNO2. The van der Waals surface area contributed by atoms with Crippen molar-refractivity contribution in [3.63, 3.8) is 0 Å². The van der Waals surface area contributed by atoms with Gasteiger partial charge in [-0.1, -0.05) is 72.3 Å². The molecular weight excluding hydrogens is 466 g/mol. The molecule has 0 bridgehead atoms. The maximum absolute atomic E-state index is 6.50. The predicted molar refractivity (Wildman–Crippen MR) is 148 cm³/mol. The summed E-state index contributed by atoms with van der Waals surface area (Å²) in [5.74, 6) is 1.52. The summed E-state index contributed by atoms with van der Waals surface area (Å²) in [4.78, 5) is 2.58. The molecule has 0 amide bonds. The van der Waals surface area contributed by atoms with E-state index in [1.54, 1.807) is 14.2 Å². The van der Waals surface area contributed by atoms with Crippen molar-refractivity contribution in [3.05, 3.63) is 118 Å². The van der Waals surface area contributed by atoms with Gasteiger partial charge in [0.05, 0.1) is 20.3 Å². The van der Waals surface area contributed by atoms with Crippen LogP contribution >= 0.6 is 11.6 Å². The van der Waals surface area contributed by atoms with E-state index in [4.69, 9.17) is 21.1 Å². The van der Waals surface area contributed by atoms with Crippen LogP contribution in [0.3, 0.4) is 0 Å². The maximum atomic E-state index is 6.50. The van der Waals surface area contributed by atoms with Gasteiger partial charge in [-0.05, 0) is 80.6 Å². The summed E-state index contributed by atoms with van der Waals surface area (Å²) < 4.78 is 11.3. The van der Waals surface area contributed by atoms with Crippen molar-refractivity contribution in [1.82, 2.24) is 4.90 Å². The number of ether oxygens (including phenoxy) is 2. The van der Waals surface area contributed by atoms with E-state index in [-0.39, 0.29) is 6.04 Å². The average Bonchev–Trinajstić information content (AvgIpc) is 2.91. The van der Waals surface area contributed by atoms with Crippen LogP contribution in [0, 0.1) is 0 Å². The van der Waals surface area contributed by atoms with E-state index in [2.05, 4.69) is 83.8 Å². The summed E-state index contributed by atoms with van der Waals surface area (Å²) >= 11 is 6.50. The fourth-order valence-corrected chi connectivity index (χ4v) is 5.92. The second-order valence-electron chi connectivity index (χ2n) is 9.38. The molecule has 0 radical (unpaired) electrons. The fraction of sp³-hybridized carbons (Fsp3) is 0.188. The number of hydrogen-bond donors (Lipinski definition) is 0. The van der Waals surface area contributed by atoms with Gasteiger partial charge in [0.2, 0.25) is 0 Å². The van der Waals surface area contributed by atoms with Gasteiger partial charge in [0, 0.05) is 18.1 Å². The van der Waals surface area contributed by atoms with Crippen molar-refractivity contribution >= 4 is 33.1 Å². The minimum atomic E-state index is 0.0463. The molecule has 1 atom stereocenters. The highest BCUT2D eigenvalue weighted by Crippen LogP contribution is 2.43. The van der Waals surface area contributed by atoms with Crippen LogP contribution in [0.4, 0.5) is 0 Å². The van der Waals surface area contributed by atoms with Crippen LogP contribution in [0.1, 0.15) is 28.3 Å². The van der Waals surface area contributed by atoms with E-state index in [0.29, 0.717) is 0 Å². The molecule has 0 N–H and O–H groups in total. The lowest BCUT2D eigenvalue weighted by atomic mass is 9.86. The summed E-state index contributed by atoms with van der Waals surface area (Å²) in [6.45, 7) is 1.75. The van der Waals surface area contributed by atoms with Crippen LogP contribution in [-0.4, -0.2) is 25.7 Å². The largest absolute Gasteiger partial charge is 0.493 e. The van der Waals surface area contributed by atoms with Crippen LogP contribution in [0.15, 0.2) is 91.0 Å². The molecule has 1 aliphatic heterocycles. The number of halogens is 1. The summed E-state index contributed by atoms with van der Waals surface area (Å²) in [6, 6.07) is 32.3. The molecule has 0 saturated heterocycles. The van der Waals surface area contributed by atoms with E-state index in [0.717, 1.165) is 36.0 Å². The lowest BCUT2D eigenvalue weighted by molar-refractivity contribution is 0.205. The van der Waals surface area contributed by atoms with Gasteiger partial charge in [-0.15, -0.1) is 0 Å². The minimum Gasteiger partial charge on any atom is -0.493 e. The van der Waals surface area contributed by atoms with Gasteiger partial charge in [-0.3, -0.25) is 4.90 Å². The van der Waals surface area contributed by atoms with Crippen molar-refractivity contribution in [2.24, 2.45) is 0 Å². The molecule has 0 saturated carbocycles. The quantitative estimate of drug-likeness (QED) is 0.233. The highest BCUT2D eigenvalue weighted by molar-refractivity contribution is 6.30. The molecule has 6 rings (SSSR count). The van der Waals surface area contributed by atoms with Gasteiger partial charge in [-0.2, -0.15) is 0 Å². The zero-order valence-corrected chi connectivity index (χ0v) is 21.3. The molecule has 0 aromatic heterocycles. The Hall–Kier alpha value is -3.53. The Morgan fingerprint density at radius 1 is 0.778 bits per heavy atom. The van der Waals surface area contributed by atoms with Gasteiger partial charge in [0.15, 0.2) is 11.5 Å². The van der Waals surface area contributed by atoms with Gasteiger partial charge >= 0.3 is 0 Å². The van der Waals surface area contributed by atoms with Crippen LogP contribution in [0.2, 0.25) is 5.02 Å². The first kappa shape index (κ1) is 22.9. The standard InChI is InChI=1S/C32H28ClNO2/c1-35-30-18-23-14-15-34(32(28(23)19-31(30)36-2)24-10-7-11-25(33)17-24)20-29-26-12-5-3-8-21(26)16-22-9-4-6-13-27(22)29/h3-13,16-19,32H,14-15,20H2,1-2H3/t32-/m0/s1. The van der Waals surface area contributed by atoms with Gasteiger partial charge in [0.25, 0.3) is 0 Å². The van der Waals surface area contributed by atoms with E-state index in [9.17, 15) is 0 Å². The smallest absolute Gasteiger partial charge is 0.161 e. The second-order valence-corrected chi connectivity index (χ2v) is 9.82. The average molecular weight is 494 g/mol. The maximum Gasteiger partial charge on any atom is 0.161 e. The lowest BCUT2D eigenvalue weighted by Gasteiger charge is -2.38. The van der Waals surface area contributed by atoms with Crippen LogP contribution in [0.5, 0.6) is 11.5 Å². The van der Waals surface area contributed by atoms with E-state index >= 15 is 0 Å². The number of methoxy groups -OCH3 is 2. The minimum absolute atomic E-state index is 0.0463. The highest BCUT2D eigenvalue weighted by Gasteiger charge is 2.31. The molecule has 0 aliphatic carbocycles. The van der Waals surface area contributed by atoms with Gasteiger partial charge in [0.1, 0.15) is 0 Å². The van der Waals surface area contributed by atoms with Gasteiger partial charge in [-0.25, -0.2) is 0 Å². The zero-order valence-electron chi connectivity index (χ0n) is 20.5. The van der Waals surface area contributed by atoms with Crippen molar-refractivity contribution in [2.45, 2.75) is 19.0 Å². The SMILES string of the molecule is COc1cc2c(cc1OC)[C@H](c1cccc(Cl)c1)N(Cc1c3ccccc3cc3ccccc13)CC2.